The number of hydrogen-bond acceptors (Lipinski definition) is 3. The van der Waals surface area contributed by atoms with Gasteiger partial charge in [0, 0.05) is 12.6 Å². The van der Waals surface area contributed by atoms with Gasteiger partial charge in [-0.2, -0.15) is 0 Å². The van der Waals surface area contributed by atoms with Crippen LogP contribution in [-0.4, -0.2) is 53.6 Å². The summed E-state index contributed by atoms with van der Waals surface area (Å²) >= 11 is 0. The number of rotatable bonds is 7. The number of aryl methyl sites for hydroxylation is 1. The zero-order valence-corrected chi connectivity index (χ0v) is 14.5. The van der Waals surface area contributed by atoms with E-state index in [4.69, 9.17) is 5.11 Å². The van der Waals surface area contributed by atoms with E-state index in [9.17, 15) is 4.79 Å². The van der Waals surface area contributed by atoms with E-state index in [1.807, 2.05) is 11.9 Å². The molecule has 0 aromatic heterocycles. The molecule has 1 aromatic rings. The second kappa shape index (κ2) is 9.04. The van der Waals surface area contributed by atoms with Gasteiger partial charge in [-0.25, -0.2) is 0 Å². The maximum atomic E-state index is 10.9. The van der Waals surface area contributed by atoms with E-state index in [-0.39, 0.29) is 6.54 Å². The molecule has 1 fully saturated rings. The molecule has 1 heterocycles. The quantitative estimate of drug-likeness (QED) is 0.839. The van der Waals surface area contributed by atoms with Crippen LogP contribution in [-0.2, 0) is 17.8 Å². The number of aliphatic carboxylic acids is 1. The van der Waals surface area contributed by atoms with Crippen molar-refractivity contribution >= 4 is 5.97 Å². The van der Waals surface area contributed by atoms with E-state index in [2.05, 4.69) is 36.1 Å². The predicted octanol–water partition coefficient (Wildman–Crippen LogP) is 3.01. The van der Waals surface area contributed by atoms with Gasteiger partial charge in [0.15, 0.2) is 0 Å². The van der Waals surface area contributed by atoms with Crippen molar-refractivity contribution in [1.82, 2.24) is 9.80 Å². The number of carbonyl (C=O) groups is 1. The fourth-order valence-electron chi connectivity index (χ4n) is 3.51. The number of hydrogen-bond donors (Lipinski definition) is 1. The van der Waals surface area contributed by atoms with Gasteiger partial charge in [0.2, 0.25) is 0 Å². The van der Waals surface area contributed by atoms with Gasteiger partial charge in [-0.15, -0.1) is 0 Å². The monoisotopic (exact) mass is 318 g/mol. The third-order valence-electron chi connectivity index (χ3n) is 4.73. The van der Waals surface area contributed by atoms with E-state index in [0.717, 1.165) is 45.3 Å². The molecule has 1 aromatic carbocycles. The Morgan fingerprint density at radius 3 is 2.83 bits per heavy atom. The fraction of sp³-hybridized carbons (Fsp3) is 0.632. The molecule has 1 N–H and O–H groups in total. The predicted molar refractivity (Wildman–Crippen MR) is 93.6 cm³/mol. The number of nitrogens with zero attached hydrogens (tertiary/aromatic N) is 2. The maximum absolute atomic E-state index is 10.9. The molecule has 0 saturated carbocycles. The molecule has 1 unspecified atom stereocenters. The molecule has 4 heteroatoms. The fourth-order valence-corrected chi connectivity index (χ4v) is 3.51. The highest BCUT2D eigenvalue weighted by Gasteiger charge is 2.21. The lowest BCUT2D eigenvalue weighted by Gasteiger charge is -2.25. The zero-order valence-electron chi connectivity index (χ0n) is 14.5. The second-order valence-electron chi connectivity index (χ2n) is 6.74. The van der Waals surface area contributed by atoms with Gasteiger partial charge in [-0.3, -0.25) is 14.6 Å². The lowest BCUT2D eigenvalue weighted by Crippen LogP contribution is -2.36. The molecule has 0 radical (unpaired) electrons. The Kier molecular flexibility index (Phi) is 7.06. The molecule has 0 amide bonds. The highest BCUT2D eigenvalue weighted by molar-refractivity contribution is 5.69. The minimum absolute atomic E-state index is 0.143. The summed E-state index contributed by atoms with van der Waals surface area (Å²) in [5, 5.41) is 8.95. The Morgan fingerprint density at radius 1 is 1.30 bits per heavy atom. The van der Waals surface area contributed by atoms with Crippen molar-refractivity contribution in [3.05, 3.63) is 35.4 Å². The Balaban J connectivity index is 1.88. The molecule has 4 nitrogen and oxygen atoms in total. The van der Waals surface area contributed by atoms with Crippen LogP contribution in [0.5, 0.6) is 0 Å². The summed E-state index contributed by atoms with van der Waals surface area (Å²) in [4.78, 5) is 15.4. The van der Waals surface area contributed by atoms with Crippen molar-refractivity contribution in [3.63, 3.8) is 0 Å². The lowest BCUT2D eigenvalue weighted by molar-refractivity contribution is -0.138. The van der Waals surface area contributed by atoms with Crippen molar-refractivity contribution in [2.75, 3.05) is 26.7 Å². The second-order valence-corrected chi connectivity index (χ2v) is 6.74. The van der Waals surface area contributed by atoms with Crippen molar-refractivity contribution < 1.29 is 9.90 Å². The molecule has 0 spiro atoms. The summed E-state index contributed by atoms with van der Waals surface area (Å²) in [6, 6.07) is 9.33. The van der Waals surface area contributed by atoms with Gasteiger partial charge in [0.1, 0.15) is 0 Å². The number of carboxylic acids is 1. The zero-order chi connectivity index (χ0) is 16.7. The van der Waals surface area contributed by atoms with Crippen LogP contribution in [0.1, 0.15) is 43.7 Å². The topological polar surface area (TPSA) is 43.8 Å². The highest BCUT2D eigenvalue weighted by atomic mass is 16.4. The average Bonchev–Trinajstić information content (AvgIpc) is 2.73. The minimum Gasteiger partial charge on any atom is -0.480 e. The van der Waals surface area contributed by atoms with Crippen LogP contribution in [0.2, 0.25) is 0 Å². The van der Waals surface area contributed by atoms with Crippen molar-refractivity contribution in [2.45, 2.75) is 51.6 Å². The summed E-state index contributed by atoms with van der Waals surface area (Å²) in [7, 11) is 1.93. The number of likely N-dealkylation sites (N-methyl/N-ethyl adjacent to an activating group) is 1. The first-order valence-corrected chi connectivity index (χ1v) is 8.80. The third kappa shape index (κ3) is 5.96. The SMILES string of the molecule is CCCc1cccc(CN2CCCC(N(C)CC(=O)O)CC2)c1. The van der Waals surface area contributed by atoms with E-state index in [0.29, 0.717) is 6.04 Å². The standard InChI is InChI=1S/C19H30N2O2/c1-3-6-16-7-4-8-17(13-16)14-21-11-5-9-18(10-12-21)20(2)15-19(22)23/h4,7-8,13,18H,3,5-6,9-12,14-15H2,1-2H3,(H,22,23). The van der Waals surface area contributed by atoms with Crippen LogP contribution in [0.3, 0.4) is 0 Å². The number of likely N-dealkylation sites (tertiary alicyclic amines) is 1. The van der Waals surface area contributed by atoms with Crippen LogP contribution >= 0.6 is 0 Å². The summed E-state index contributed by atoms with van der Waals surface area (Å²) in [6.45, 7) is 5.52. The van der Waals surface area contributed by atoms with E-state index < -0.39 is 5.97 Å². The molecule has 1 saturated heterocycles. The van der Waals surface area contributed by atoms with Crippen LogP contribution in [0.25, 0.3) is 0 Å². The maximum Gasteiger partial charge on any atom is 0.317 e. The van der Waals surface area contributed by atoms with Crippen LogP contribution in [0.4, 0.5) is 0 Å². The average molecular weight is 318 g/mol. The van der Waals surface area contributed by atoms with Crippen molar-refractivity contribution in [3.8, 4) is 0 Å². The van der Waals surface area contributed by atoms with Gasteiger partial charge in [-0.1, -0.05) is 37.6 Å². The normalized spacial score (nSPS) is 19.7. The summed E-state index contributed by atoms with van der Waals surface area (Å²) in [5.74, 6) is -0.735. The molecule has 1 atom stereocenters. The largest absolute Gasteiger partial charge is 0.480 e. The Labute approximate surface area is 140 Å². The van der Waals surface area contributed by atoms with Gasteiger partial charge >= 0.3 is 5.97 Å². The molecule has 23 heavy (non-hydrogen) atoms. The third-order valence-corrected chi connectivity index (χ3v) is 4.73. The number of carboxylic acid groups (broad SMARTS) is 1. The van der Waals surface area contributed by atoms with Crippen LogP contribution < -0.4 is 0 Å². The van der Waals surface area contributed by atoms with Crippen molar-refractivity contribution in [2.24, 2.45) is 0 Å². The molecule has 128 valence electrons. The Bertz CT molecular complexity index is 504. The van der Waals surface area contributed by atoms with Gasteiger partial charge in [0.25, 0.3) is 0 Å². The lowest BCUT2D eigenvalue weighted by atomic mass is 10.1. The first-order chi connectivity index (χ1) is 11.1. The van der Waals surface area contributed by atoms with Crippen LogP contribution in [0, 0.1) is 0 Å². The van der Waals surface area contributed by atoms with E-state index in [1.54, 1.807) is 0 Å². The Morgan fingerprint density at radius 2 is 2.09 bits per heavy atom. The molecule has 2 rings (SSSR count). The molecular formula is C19H30N2O2. The molecule has 0 aliphatic carbocycles. The van der Waals surface area contributed by atoms with E-state index >= 15 is 0 Å². The van der Waals surface area contributed by atoms with Crippen LogP contribution in [0.15, 0.2) is 24.3 Å². The summed E-state index contributed by atoms with van der Waals surface area (Å²) in [5.41, 5.74) is 2.83. The molecular weight excluding hydrogens is 288 g/mol. The Hall–Kier alpha value is -1.39. The smallest absolute Gasteiger partial charge is 0.317 e. The highest BCUT2D eigenvalue weighted by Crippen LogP contribution is 2.18. The first kappa shape index (κ1) is 18.0. The van der Waals surface area contributed by atoms with Gasteiger partial charge < -0.3 is 5.11 Å². The summed E-state index contributed by atoms with van der Waals surface area (Å²) in [6.07, 6.45) is 5.62. The minimum atomic E-state index is -0.735. The molecule has 1 aliphatic rings. The van der Waals surface area contributed by atoms with E-state index in [1.165, 1.54) is 17.5 Å². The van der Waals surface area contributed by atoms with Gasteiger partial charge in [-0.05, 0) is 56.9 Å². The molecule has 1 aliphatic heterocycles. The van der Waals surface area contributed by atoms with Gasteiger partial charge in [0.05, 0.1) is 6.54 Å². The first-order valence-electron chi connectivity index (χ1n) is 8.80. The summed E-state index contributed by atoms with van der Waals surface area (Å²) < 4.78 is 0. The number of benzene rings is 1. The molecule has 0 bridgehead atoms. The van der Waals surface area contributed by atoms with Crippen molar-refractivity contribution in [1.29, 1.82) is 0 Å².